The van der Waals surface area contributed by atoms with Crippen LogP contribution >= 0.6 is 0 Å². The zero-order valence-electron chi connectivity index (χ0n) is 33.6. The minimum absolute atomic E-state index is 0.865. The van der Waals surface area contributed by atoms with Crippen molar-refractivity contribution in [1.29, 1.82) is 0 Å². The summed E-state index contributed by atoms with van der Waals surface area (Å²) in [6.45, 7) is 2.23. The van der Waals surface area contributed by atoms with Gasteiger partial charge in [-0.2, -0.15) is 0 Å². The first-order valence-electron chi connectivity index (χ1n) is 21.0. The monoisotopic (exact) mass is 774 g/mol. The van der Waals surface area contributed by atoms with E-state index in [-0.39, 0.29) is 0 Å². The molecular formula is C59H38N2. The van der Waals surface area contributed by atoms with Crippen molar-refractivity contribution in [3.63, 3.8) is 0 Å². The van der Waals surface area contributed by atoms with E-state index in [1.54, 1.807) is 0 Å². The third-order valence-corrected chi connectivity index (χ3v) is 12.7. The Labute approximate surface area is 354 Å². The van der Waals surface area contributed by atoms with E-state index in [0.717, 1.165) is 33.3 Å². The minimum Gasteiger partial charge on any atom is -0.252 e. The van der Waals surface area contributed by atoms with Gasteiger partial charge in [0, 0.05) is 11.1 Å². The van der Waals surface area contributed by atoms with E-state index in [9.17, 15) is 0 Å². The molecule has 0 bridgehead atoms. The highest BCUT2D eigenvalue weighted by atomic mass is 14.8. The Bertz CT molecular complexity index is 3620. The molecule has 0 unspecified atom stereocenters. The summed E-state index contributed by atoms with van der Waals surface area (Å²) in [7, 11) is 0. The van der Waals surface area contributed by atoms with Gasteiger partial charge in [-0.15, -0.1) is 0 Å². The van der Waals surface area contributed by atoms with Crippen LogP contribution in [0.25, 0.3) is 121 Å². The molecule has 1 aromatic heterocycles. The highest BCUT2D eigenvalue weighted by Gasteiger charge is 2.19. The Morgan fingerprint density at radius 1 is 0.295 bits per heavy atom. The van der Waals surface area contributed by atoms with Crippen LogP contribution in [0.4, 0.5) is 0 Å². The van der Waals surface area contributed by atoms with Gasteiger partial charge in [-0.1, -0.05) is 194 Å². The van der Waals surface area contributed by atoms with Crippen LogP contribution in [-0.2, 0) is 0 Å². The first-order chi connectivity index (χ1) is 30.2. The predicted octanol–water partition coefficient (Wildman–Crippen LogP) is 16.0. The highest BCUT2D eigenvalue weighted by molar-refractivity contribution is 6.23. The average Bonchev–Trinajstić information content (AvgIpc) is 3.33. The molecule has 284 valence electrons. The molecule has 0 fully saturated rings. The second-order valence-corrected chi connectivity index (χ2v) is 16.1. The van der Waals surface area contributed by atoms with Gasteiger partial charge in [-0.25, -0.2) is 0 Å². The van der Waals surface area contributed by atoms with Gasteiger partial charge >= 0.3 is 0 Å². The van der Waals surface area contributed by atoms with Crippen LogP contribution < -0.4 is 0 Å². The van der Waals surface area contributed by atoms with E-state index in [2.05, 4.69) is 189 Å². The second-order valence-electron chi connectivity index (χ2n) is 16.1. The van der Waals surface area contributed by atoms with Crippen molar-refractivity contribution in [1.82, 2.24) is 9.97 Å². The molecule has 0 aliphatic heterocycles. The molecule has 0 amide bonds. The molecule has 0 spiro atoms. The molecule has 12 aromatic rings. The first-order valence-corrected chi connectivity index (χ1v) is 21.0. The van der Waals surface area contributed by atoms with Crippen LogP contribution in [0, 0.1) is 6.92 Å². The summed E-state index contributed by atoms with van der Waals surface area (Å²) in [6.07, 6.45) is 3.81. The van der Waals surface area contributed by atoms with Gasteiger partial charge in [0.15, 0.2) is 0 Å². The van der Waals surface area contributed by atoms with Crippen molar-refractivity contribution in [2.75, 3.05) is 0 Å². The number of aryl methyl sites for hydroxylation is 1. The molecule has 0 aliphatic rings. The number of aromatic nitrogens is 2. The molecule has 2 nitrogen and oxygen atoms in total. The Kier molecular flexibility index (Phi) is 8.11. The van der Waals surface area contributed by atoms with Crippen molar-refractivity contribution in [2.24, 2.45) is 0 Å². The Morgan fingerprint density at radius 3 is 1.46 bits per heavy atom. The summed E-state index contributed by atoms with van der Waals surface area (Å²) in [6, 6.07) is 72.9. The van der Waals surface area contributed by atoms with Crippen LogP contribution in [0.5, 0.6) is 0 Å². The van der Waals surface area contributed by atoms with Crippen molar-refractivity contribution >= 4 is 64.6 Å². The molecule has 0 N–H and O–H groups in total. The number of hydrogen-bond acceptors (Lipinski definition) is 2. The number of hydrogen-bond donors (Lipinski definition) is 0. The maximum Gasteiger partial charge on any atom is 0.0898 e. The fourth-order valence-electron chi connectivity index (χ4n) is 9.84. The largest absolute Gasteiger partial charge is 0.252 e. The molecule has 2 heteroatoms. The zero-order valence-corrected chi connectivity index (χ0v) is 33.6. The lowest BCUT2D eigenvalue weighted by molar-refractivity contribution is 1.21. The van der Waals surface area contributed by atoms with E-state index in [1.807, 2.05) is 30.6 Å². The molecular weight excluding hydrogens is 737 g/mol. The first kappa shape index (κ1) is 35.0. The topological polar surface area (TPSA) is 25.8 Å². The number of benzene rings is 11. The Hall–Kier alpha value is -7.94. The lowest BCUT2D eigenvalue weighted by Gasteiger charge is -2.17. The standard InChI is InChI=1S/C59H38N2/c1-37-12-9-15-40-28-29-42-17-11-23-50(58(42)55(37)40)49-22-10-16-41-30-31-45-34-44(32-33-46(45)56(41)49)38-24-26-43(27-25-38)57-47-18-5-7-20-51(47)59(52-21-8-6-19-48(52)57)54-36-60-53(35-61-54)39-13-3-2-4-14-39/h2-36H,1H3. The lowest BCUT2D eigenvalue weighted by atomic mass is 9.86. The van der Waals surface area contributed by atoms with Crippen LogP contribution in [-0.4, -0.2) is 9.97 Å². The van der Waals surface area contributed by atoms with Crippen molar-refractivity contribution in [3.05, 3.63) is 218 Å². The molecule has 12 rings (SSSR count). The normalized spacial score (nSPS) is 11.7. The van der Waals surface area contributed by atoms with E-state index in [4.69, 9.17) is 9.97 Å². The van der Waals surface area contributed by atoms with Gasteiger partial charge in [0.2, 0.25) is 0 Å². The molecule has 0 aliphatic carbocycles. The second kappa shape index (κ2) is 14.1. The summed E-state index contributed by atoms with van der Waals surface area (Å²) in [5, 5.41) is 14.9. The number of fused-ring (bicyclic) bond motifs is 8. The third-order valence-electron chi connectivity index (χ3n) is 12.7. The zero-order chi connectivity index (χ0) is 40.4. The van der Waals surface area contributed by atoms with Crippen molar-refractivity contribution in [3.8, 4) is 55.9 Å². The minimum atomic E-state index is 0.865. The quantitative estimate of drug-likeness (QED) is 0.129. The van der Waals surface area contributed by atoms with E-state index < -0.39 is 0 Å². The molecule has 11 aromatic carbocycles. The van der Waals surface area contributed by atoms with Gasteiger partial charge in [0.1, 0.15) is 0 Å². The fourth-order valence-corrected chi connectivity index (χ4v) is 9.84. The highest BCUT2D eigenvalue weighted by Crippen LogP contribution is 2.45. The van der Waals surface area contributed by atoms with Gasteiger partial charge in [0.05, 0.1) is 23.8 Å². The lowest BCUT2D eigenvalue weighted by Crippen LogP contribution is -1.94. The van der Waals surface area contributed by atoms with Crippen LogP contribution in [0.1, 0.15) is 5.56 Å². The molecule has 61 heavy (non-hydrogen) atoms. The Balaban J connectivity index is 0.959. The summed E-state index contributed by atoms with van der Waals surface area (Å²) in [4.78, 5) is 9.87. The summed E-state index contributed by atoms with van der Waals surface area (Å²) >= 11 is 0. The van der Waals surface area contributed by atoms with Crippen LogP contribution in [0.15, 0.2) is 213 Å². The summed E-state index contributed by atoms with van der Waals surface area (Å²) in [5.41, 5.74) is 12.5. The number of rotatable bonds is 5. The van der Waals surface area contributed by atoms with Gasteiger partial charge in [-0.3, -0.25) is 9.97 Å². The molecule has 1 heterocycles. The summed E-state index contributed by atoms with van der Waals surface area (Å²) in [5.74, 6) is 0. The molecule has 0 radical (unpaired) electrons. The van der Waals surface area contributed by atoms with Gasteiger partial charge < -0.3 is 0 Å². The van der Waals surface area contributed by atoms with E-state index >= 15 is 0 Å². The van der Waals surface area contributed by atoms with Crippen molar-refractivity contribution in [2.45, 2.75) is 6.92 Å². The van der Waals surface area contributed by atoms with Gasteiger partial charge in [0.25, 0.3) is 0 Å². The van der Waals surface area contributed by atoms with Crippen molar-refractivity contribution < 1.29 is 0 Å². The molecule has 0 atom stereocenters. The Morgan fingerprint density at radius 2 is 0.803 bits per heavy atom. The smallest absolute Gasteiger partial charge is 0.0898 e. The maximum atomic E-state index is 5.00. The molecule has 0 saturated carbocycles. The fraction of sp³-hybridized carbons (Fsp3) is 0.0169. The van der Waals surface area contributed by atoms with E-state index in [1.165, 1.54) is 92.8 Å². The number of nitrogens with zero attached hydrogens (tertiary/aromatic N) is 2. The summed E-state index contributed by atoms with van der Waals surface area (Å²) < 4.78 is 0. The average molecular weight is 775 g/mol. The molecule has 0 saturated heterocycles. The maximum absolute atomic E-state index is 5.00. The SMILES string of the molecule is Cc1cccc2ccc3cccc(-c4cccc5ccc6cc(-c7ccc(-c8c9ccccc9c(-c9cnc(-c%10ccccc%10)cn9)c9ccccc89)cc7)ccc6c45)c3c12. The van der Waals surface area contributed by atoms with Crippen LogP contribution in [0.3, 0.4) is 0 Å². The predicted molar refractivity (Wildman–Crippen MR) is 259 cm³/mol. The third kappa shape index (κ3) is 5.72. The van der Waals surface area contributed by atoms with E-state index in [0.29, 0.717) is 0 Å². The van der Waals surface area contributed by atoms with Gasteiger partial charge in [-0.05, 0) is 117 Å². The van der Waals surface area contributed by atoms with Crippen LogP contribution in [0.2, 0.25) is 0 Å².